The first-order valence-corrected chi connectivity index (χ1v) is 13.3. The second-order valence-electron chi connectivity index (χ2n) is 10.9. The molecule has 1 aliphatic rings. The van der Waals surface area contributed by atoms with Gasteiger partial charge in [-0.05, 0) is 59.7 Å². The van der Waals surface area contributed by atoms with E-state index in [4.69, 9.17) is 4.74 Å². The molecule has 39 heavy (non-hydrogen) atoms. The van der Waals surface area contributed by atoms with Crippen LogP contribution < -0.4 is 4.74 Å². The number of hydrogen-bond donors (Lipinski definition) is 2. The van der Waals surface area contributed by atoms with Gasteiger partial charge in [0.25, 0.3) is 0 Å². The van der Waals surface area contributed by atoms with Gasteiger partial charge in [0.15, 0.2) is 0 Å². The quantitative estimate of drug-likeness (QED) is 0.354. The molecule has 0 spiro atoms. The maximum Gasteiger partial charge on any atom is 0.304 e. The number of nitrogens with zero attached hydrogens (tertiary/aromatic N) is 5. The van der Waals surface area contributed by atoms with Crippen molar-refractivity contribution in [3.05, 3.63) is 76.0 Å². The average molecular weight is 530 g/mol. The number of carbonyl (C=O) groups is 1. The van der Waals surface area contributed by atoms with E-state index in [1.807, 2.05) is 32.2 Å². The van der Waals surface area contributed by atoms with Gasteiger partial charge in [0, 0.05) is 38.7 Å². The van der Waals surface area contributed by atoms with E-state index in [1.54, 1.807) is 16.8 Å². The highest BCUT2D eigenvalue weighted by molar-refractivity contribution is 5.80. The van der Waals surface area contributed by atoms with Gasteiger partial charge in [0.05, 0.1) is 11.9 Å². The van der Waals surface area contributed by atoms with Gasteiger partial charge in [-0.25, -0.2) is 9.67 Å². The predicted octanol–water partition coefficient (Wildman–Crippen LogP) is 4.71. The summed E-state index contributed by atoms with van der Waals surface area (Å²) in [5, 5.41) is 28.3. The third-order valence-electron chi connectivity index (χ3n) is 7.75. The van der Waals surface area contributed by atoms with Crippen LogP contribution in [0.1, 0.15) is 59.7 Å². The Morgan fingerprint density at radius 2 is 1.95 bits per heavy atom. The van der Waals surface area contributed by atoms with Gasteiger partial charge in [-0.2, -0.15) is 0 Å². The van der Waals surface area contributed by atoms with Gasteiger partial charge in [0.1, 0.15) is 23.1 Å². The second kappa shape index (κ2) is 10.6. The van der Waals surface area contributed by atoms with Crippen LogP contribution in [-0.4, -0.2) is 53.7 Å². The molecule has 4 aromatic rings. The van der Waals surface area contributed by atoms with Gasteiger partial charge in [-0.1, -0.05) is 43.3 Å². The monoisotopic (exact) mass is 529 g/mol. The van der Waals surface area contributed by atoms with E-state index in [1.165, 1.54) is 0 Å². The molecule has 204 valence electrons. The molecule has 0 saturated carbocycles. The van der Waals surface area contributed by atoms with Gasteiger partial charge in [0.2, 0.25) is 5.88 Å². The molecule has 2 aromatic heterocycles. The first-order chi connectivity index (χ1) is 18.6. The number of ether oxygens (including phenoxy) is 1. The summed E-state index contributed by atoms with van der Waals surface area (Å²) in [4.78, 5) is 18.6. The molecule has 5 rings (SSSR count). The number of hydrogen-bond acceptors (Lipinski definition) is 7. The van der Waals surface area contributed by atoms with Gasteiger partial charge in [-0.3, -0.25) is 9.69 Å². The molecule has 2 N–H and O–H groups in total. The van der Waals surface area contributed by atoms with E-state index in [-0.39, 0.29) is 24.3 Å². The topological polar surface area (TPSA) is 114 Å². The molecule has 1 aliphatic heterocycles. The third kappa shape index (κ3) is 5.45. The van der Waals surface area contributed by atoms with Crippen molar-refractivity contribution in [2.75, 3.05) is 6.54 Å². The normalized spacial score (nSPS) is 16.6. The molecular weight excluding hydrogens is 494 g/mol. The Morgan fingerprint density at radius 1 is 1.15 bits per heavy atom. The zero-order chi connectivity index (χ0) is 27.8. The van der Waals surface area contributed by atoms with Crippen LogP contribution in [0.15, 0.2) is 42.5 Å². The van der Waals surface area contributed by atoms with Gasteiger partial charge in [-0.15, -0.1) is 5.10 Å². The smallest absolute Gasteiger partial charge is 0.304 e. The minimum atomic E-state index is -0.854. The first kappa shape index (κ1) is 26.6. The number of benzene rings is 2. The van der Waals surface area contributed by atoms with E-state index in [0.717, 1.165) is 38.9 Å². The molecule has 0 saturated heterocycles. The van der Waals surface area contributed by atoms with Crippen LogP contribution in [0, 0.1) is 19.8 Å². The van der Waals surface area contributed by atoms with Crippen molar-refractivity contribution >= 4 is 17.0 Å². The van der Waals surface area contributed by atoms with Crippen LogP contribution in [0.3, 0.4) is 0 Å². The van der Waals surface area contributed by atoms with E-state index in [2.05, 4.69) is 53.1 Å². The molecule has 0 aliphatic carbocycles. The lowest BCUT2D eigenvalue weighted by Gasteiger charge is -2.27. The number of pyridine rings is 1. The standard InChI is InChI=1S/C30H35N5O4/c1-17(2)27-16-35(15-24-26(39-27)10-11-28(36)31-24)14-21-12-20(7-6-18(21)3)23(13-29(37)38)22-8-9-25-30(19(22)4)32-33-34(25)5/h6-12,17,23,27H,13-16H2,1-5H3,(H,31,36)(H,37,38)/t23-,27?/m1/s1. The number of aryl methyl sites for hydroxylation is 3. The zero-order valence-corrected chi connectivity index (χ0v) is 23.0. The average Bonchev–Trinajstić information content (AvgIpc) is 3.16. The Morgan fingerprint density at radius 3 is 2.69 bits per heavy atom. The van der Waals surface area contributed by atoms with Crippen LogP contribution >= 0.6 is 0 Å². The fourth-order valence-electron chi connectivity index (χ4n) is 5.42. The van der Waals surface area contributed by atoms with Crippen molar-refractivity contribution in [2.24, 2.45) is 13.0 Å². The van der Waals surface area contributed by atoms with Gasteiger partial charge >= 0.3 is 5.97 Å². The van der Waals surface area contributed by atoms with Crippen LogP contribution in [-0.2, 0) is 24.9 Å². The molecule has 0 radical (unpaired) electrons. The molecule has 3 heterocycles. The number of aromatic hydroxyl groups is 1. The lowest BCUT2D eigenvalue weighted by Crippen LogP contribution is -2.36. The zero-order valence-electron chi connectivity index (χ0n) is 23.0. The SMILES string of the molecule is Cc1ccc([C@@H](CC(=O)O)c2ccc3c(nnn3C)c2C)cc1CN1Cc2nc(O)ccc2OC(C(C)C)C1. The lowest BCUT2D eigenvalue weighted by molar-refractivity contribution is -0.137. The molecule has 0 bridgehead atoms. The molecule has 2 aromatic carbocycles. The number of aromatic nitrogens is 4. The van der Waals surface area contributed by atoms with E-state index in [9.17, 15) is 15.0 Å². The van der Waals surface area contributed by atoms with Crippen molar-refractivity contribution in [1.82, 2.24) is 24.9 Å². The Hall–Kier alpha value is -3.98. The van der Waals surface area contributed by atoms with Crippen LogP contribution in [0.25, 0.3) is 11.0 Å². The third-order valence-corrected chi connectivity index (χ3v) is 7.75. The highest BCUT2D eigenvalue weighted by Gasteiger charge is 2.28. The highest BCUT2D eigenvalue weighted by atomic mass is 16.5. The Kier molecular flexibility index (Phi) is 7.27. The molecule has 0 fully saturated rings. The highest BCUT2D eigenvalue weighted by Crippen LogP contribution is 2.35. The largest absolute Gasteiger partial charge is 0.493 e. The number of aliphatic carboxylic acids is 1. The minimum Gasteiger partial charge on any atom is -0.493 e. The molecule has 0 amide bonds. The van der Waals surface area contributed by atoms with Crippen molar-refractivity contribution in [3.8, 4) is 11.6 Å². The minimum absolute atomic E-state index is 0.0227. The summed E-state index contributed by atoms with van der Waals surface area (Å²) in [6.07, 6.45) is -0.0548. The van der Waals surface area contributed by atoms with Crippen molar-refractivity contribution < 1.29 is 19.7 Å². The predicted molar refractivity (Wildman–Crippen MR) is 148 cm³/mol. The summed E-state index contributed by atoms with van der Waals surface area (Å²) in [5.41, 5.74) is 7.50. The summed E-state index contributed by atoms with van der Waals surface area (Å²) in [6.45, 7) is 10.2. The summed E-state index contributed by atoms with van der Waals surface area (Å²) in [6, 6.07) is 13.5. The molecular formula is C30H35N5O4. The van der Waals surface area contributed by atoms with Crippen LogP contribution in [0.5, 0.6) is 11.6 Å². The molecule has 1 unspecified atom stereocenters. The maximum atomic E-state index is 12.0. The van der Waals surface area contributed by atoms with Crippen molar-refractivity contribution in [3.63, 3.8) is 0 Å². The lowest BCUT2D eigenvalue weighted by atomic mass is 9.84. The summed E-state index contributed by atoms with van der Waals surface area (Å²) >= 11 is 0. The van der Waals surface area contributed by atoms with Crippen LogP contribution in [0.4, 0.5) is 0 Å². The Labute approximate surface area is 228 Å². The Balaban J connectivity index is 1.50. The van der Waals surface area contributed by atoms with Crippen molar-refractivity contribution in [2.45, 2.75) is 59.2 Å². The Bertz CT molecular complexity index is 1530. The number of carboxylic acids is 1. The number of carboxylic acid groups (broad SMARTS) is 1. The van der Waals surface area contributed by atoms with E-state index < -0.39 is 5.97 Å². The number of rotatable bonds is 7. The molecule has 9 heteroatoms. The van der Waals surface area contributed by atoms with Gasteiger partial charge < -0.3 is 14.9 Å². The van der Waals surface area contributed by atoms with E-state index in [0.29, 0.717) is 37.0 Å². The summed E-state index contributed by atoms with van der Waals surface area (Å²) in [5.74, 6) is -0.212. The van der Waals surface area contributed by atoms with E-state index >= 15 is 0 Å². The summed E-state index contributed by atoms with van der Waals surface area (Å²) < 4.78 is 8.02. The number of fused-ring (bicyclic) bond motifs is 2. The molecule has 2 atom stereocenters. The second-order valence-corrected chi connectivity index (χ2v) is 10.9. The fraction of sp³-hybridized carbons (Fsp3) is 0.400. The molecule has 9 nitrogen and oxygen atoms in total. The maximum absolute atomic E-state index is 12.0. The van der Waals surface area contributed by atoms with Crippen molar-refractivity contribution in [1.29, 1.82) is 0 Å². The fourth-order valence-corrected chi connectivity index (χ4v) is 5.42. The summed E-state index contributed by atoms with van der Waals surface area (Å²) in [7, 11) is 1.85. The van der Waals surface area contributed by atoms with Crippen LogP contribution in [0.2, 0.25) is 0 Å². The first-order valence-electron chi connectivity index (χ1n) is 13.3.